The van der Waals surface area contributed by atoms with E-state index >= 15 is 0 Å². The molecule has 0 radical (unpaired) electrons. The SMILES string of the molecule is CCCN1CCC(N2CC3(CCCC3)NCC2C)CC1. The topological polar surface area (TPSA) is 18.5 Å². The monoisotopic (exact) mass is 279 g/mol. The van der Waals surface area contributed by atoms with Gasteiger partial charge >= 0.3 is 0 Å². The number of nitrogens with one attached hydrogen (secondary N) is 1. The van der Waals surface area contributed by atoms with Gasteiger partial charge in [0.15, 0.2) is 0 Å². The Kier molecular flexibility index (Phi) is 4.68. The smallest absolute Gasteiger partial charge is 0.0309 e. The van der Waals surface area contributed by atoms with Crippen molar-refractivity contribution in [1.82, 2.24) is 15.1 Å². The first-order valence-corrected chi connectivity index (χ1v) is 8.95. The number of likely N-dealkylation sites (tertiary alicyclic amines) is 1. The Bertz CT molecular complexity index is 303. The van der Waals surface area contributed by atoms with Gasteiger partial charge in [-0.25, -0.2) is 0 Å². The van der Waals surface area contributed by atoms with Gasteiger partial charge in [0.2, 0.25) is 0 Å². The second-order valence-electron chi connectivity index (χ2n) is 7.46. The summed E-state index contributed by atoms with van der Waals surface area (Å²) in [5.41, 5.74) is 0.479. The summed E-state index contributed by atoms with van der Waals surface area (Å²) < 4.78 is 0. The first-order chi connectivity index (χ1) is 9.72. The quantitative estimate of drug-likeness (QED) is 0.856. The van der Waals surface area contributed by atoms with Crippen molar-refractivity contribution in [2.45, 2.75) is 76.4 Å². The Morgan fingerprint density at radius 3 is 2.50 bits per heavy atom. The van der Waals surface area contributed by atoms with Crippen molar-refractivity contribution in [3.05, 3.63) is 0 Å². The second-order valence-corrected chi connectivity index (χ2v) is 7.46. The fraction of sp³-hybridized carbons (Fsp3) is 1.00. The van der Waals surface area contributed by atoms with Crippen LogP contribution in [0.1, 0.15) is 58.8 Å². The largest absolute Gasteiger partial charge is 0.308 e. The summed E-state index contributed by atoms with van der Waals surface area (Å²) in [6, 6.07) is 1.57. The van der Waals surface area contributed by atoms with E-state index in [-0.39, 0.29) is 0 Å². The fourth-order valence-electron chi connectivity index (χ4n) is 4.71. The van der Waals surface area contributed by atoms with Crippen molar-refractivity contribution >= 4 is 0 Å². The lowest BCUT2D eigenvalue weighted by Gasteiger charge is -2.50. The Morgan fingerprint density at radius 1 is 1.15 bits per heavy atom. The molecular formula is C17H33N3. The molecule has 3 nitrogen and oxygen atoms in total. The average Bonchev–Trinajstić information content (AvgIpc) is 2.92. The molecule has 1 spiro atoms. The highest BCUT2D eigenvalue weighted by Gasteiger charge is 2.42. The van der Waals surface area contributed by atoms with Gasteiger partial charge in [0.05, 0.1) is 0 Å². The maximum Gasteiger partial charge on any atom is 0.0309 e. The van der Waals surface area contributed by atoms with Crippen LogP contribution in [0.2, 0.25) is 0 Å². The molecule has 1 N–H and O–H groups in total. The maximum absolute atomic E-state index is 3.89. The summed E-state index contributed by atoms with van der Waals surface area (Å²) >= 11 is 0. The first kappa shape index (κ1) is 14.8. The van der Waals surface area contributed by atoms with E-state index in [0.29, 0.717) is 5.54 Å². The highest BCUT2D eigenvalue weighted by molar-refractivity contribution is 5.02. The van der Waals surface area contributed by atoms with Crippen LogP contribution in [0.25, 0.3) is 0 Å². The molecule has 3 rings (SSSR count). The standard InChI is InChI=1S/C17H33N3/c1-3-10-19-11-6-16(7-12-19)20-14-17(8-4-5-9-17)18-13-15(20)2/h15-16,18H,3-14H2,1-2H3. The minimum absolute atomic E-state index is 0.479. The van der Waals surface area contributed by atoms with E-state index < -0.39 is 0 Å². The molecule has 116 valence electrons. The zero-order valence-electron chi connectivity index (χ0n) is 13.5. The van der Waals surface area contributed by atoms with Crippen LogP contribution < -0.4 is 5.32 Å². The molecule has 0 bridgehead atoms. The van der Waals surface area contributed by atoms with E-state index in [1.54, 1.807) is 0 Å². The average molecular weight is 279 g/mol. The van der Waals surface area contributed by atoms with Gasteiger partial charge in [-0.15, -0.1) is 0 Å². The molecular weight excluding hydrogens is 246 g/mol. The normalized spacial score (nSPS) is 33.0. The van der Waals surface area contributed by atoms with E-state index in [0.717, 1.165) is 12.1 Å². The van der Waals surface area contributed by atoms with Gasteiger partial charge in [-0.1, -0.05) is 19.8 Å². The third kappa shape index (κ3) is 3.05. The molecule has 0 aromatic heterocycles. The second kappa shape index (κ2) is 6.33. The van der Waals surface area contributed by atoms with Crippen LogP contribution in [0.15, 0.2) is 0 Å². The van der Waals surface area contributed by atoms with Gasteiger partial charge in [0, 0.05) is 30.7 Å². The van der Waals surface area contributed by atoms with Crippen LogP contribution in [-0.4, -0.2) is 60.1 Å². The molecule has 2 heterocycles. The van der Waals surface area contributed by atoms with Gasteiger partial charge in [-0.05, 0) is 58.7 Å². The molecule has 20 heavy (non-hydrogen) atoms. The van der Waals surface area contributed by atoms with E-state index in [1.807, 2.05) is 0 Å². The summed E-state index contributed by atoms with van der Waals surface area (Å²) in [4.78, 5) is 5.53. The van der Waals surface area contributed by atoms with E-state index in [2.05, 4.69) is 29.0 Å². The lowest BCUT2D eigenvalue weighted by molar-refractivity contribution is 0.0216. The molecule has 0 aromatic carbocycles. The zero-order valence-corrected chi connectivity index (χ0v) is 13.5. The molecule has 3 heteroatoms. The molecule has 1 atom stereocenters. The minimum Gasteiger partial charge on any atom is -0.308 e. The van der Waals surface area contributed by atoms with Crippen molar-refractivity contribution in [2.24, 2.45) is 0 Å². The number of piperidine rings is 1. The van der Waals surface area contributed by atoms with Crippen LogP contribution in [0.3, 0.4) is 0 Å². The van der Waals surface area contributed by atoms with Crippen molar-refractivity contribution in [3.63, 3.8) is 0 Å². The predicted octanol–water partition coefficient (Wildman–Crippen LogP) is 2.47. The number of hydrogen-bond donors (Lipinski definition) is 1. The molecule has 0 amide bonds. The first-order valence-electron chi connectivity index (χ1n) is 8.95. The third-order valence-corrected chi connectivity index (χ3v) is 5.95. The van der Waals surface area contributed by atoms with Crippen LogP contribution in [0.5, 0.6) is 0 Å². The van der Waals surface area contributed by atoms with Crippen LogP contribution in [-0.2, 0) is 0 Å². The lowest BCUT2D eigenvalue weighted by atomic mass is 9.89. The molecule has 1 saturated carbocycles. The fourth-order valence-corrected chi connectivity index (χ4v) is 4.71. The Labute approximate surface area is 125 Å². The number of nitrogens with zero attached hydrogens (tertiary/aromatic N) is 2. The molecule has 3 fully saturated rings. The lowest BCUT2D eigenvalue weighted by Crippen LogP contribution is -2.65. The van der Waals surface area contributed by atoms with E-state index in [9.17, 15) is 0 Å². The van der Waals surface area contributed by atoms with Crippen molar-refractivity contribution in [3.8, 4) is 0 Å². The Balaban J connectivity index is 1.58. The molecule has 1 unspecified atom stereocenters. The van der Waals surface area contributed by atoms with Crippen molar-refractivity contribution < 1.29 is 0 Å². The van der Waals surface area contributed by atoms with E-state index in [4.69, 9.17) is 0 Å². The highest BCUT2D eigenvalue weighted by Crippen LogP contribution is 2.35. The summed E-state index contributed by atoms with van der Waals surface area (Å²) in [6.07, 6.45) is 9.77. The van der Waals surface area contributed by atoms with Crippen LogP contribution >= 0.6 is 0 Å². The molecule has 1 aliphatic carbocycles. The Hall–Kier alpha value is -0.120. The van der Waals surface area contributed by atoms with Gasteiger partial charge < -0.3 is 10.2 Å². The summed E-state index contributed by atoms with van der Waals surface area (Å²) in [7, 11) is 0. The van der Waals surface area contributed by atoms with Gasteiger partial charge in [0.25, 0.3) is 0 Å². The predicted molar refractivity (Wildman–Crippen MR) is 85.1 cm³/mol. The van der Waals surface area contributed by atoms with Crippen molar-refractivity contribution in [1.29, 1.82) is 0 Å². The van der Waals surface area contributed by atoms with Gasteiger partial charge in [-0.2, -0.15) is 0 Å². The number of rotatable bonds is 3. The summed E-state index contributed by atoms with van der Waals surface area (Å²) in [6.45, 7) is 11.2. The molecule has 2 aliphatic heterocycles. The number of piperazine rings is 1. The summed E-state index contributed by atoms with van der Waals surface area (Å²) in [5, 5.41) is 3.89. The third-order valence-electron chi connectivity index (χ3n) is 5.95. The molecule has 3 aliphatic rings. The summed E-state index contributed by atoms with van der Waals surface area (Å²) in [5.74, 6) is 0. The van der Waals surface area contributed by atoms with Gasteiger partial charge in [0.1, 0.15) is 0 Å². The zero-order chi connectivity index (χ0) is 14.0. The van der Waals surface area contributed by atoms with E-state index in [1.165, 1.54) is 77.7 Å². The van der Waals surface area contributed by atoms with Crippen LogP contribution in [0, 0.1) is 0 Å². The van der Waals surface area contributed by atoms with Crippen LogP contribution in [0.4, 0.5) is 0 Å². The number of hydrogen-bond acceptors (Lipinski definition) is 3. The Morgan fingerprint density at radius 2 is 1.85 bits per heavy atom. The maximum atomic E-state index is 3.89. The van der Waals surface area contributed by atoms with Gasteiger partial charge in [-0.3, -0.25) is 4.90 Å². The minimum atomic E-state index is 0.479. The molecule has 0 aromatic rings. The van der Waals surface area contributed by atoms with Crippen molar-refractivity contribution in [2.75, 3.05) is 32.7 Å². The highest BCUT2D eigenvalue weighted by atomic mass is 15.3. The molecule has 2 saturated heterocycles.